The monoisotopic (exact) mass is 357 g/mol. The number of halogens is 1. The summed E-state index contributed by atoms with van der Waals surface area (Å²) in [5, 5.41) is 10.2. The van der Waals surface area contributed by atoms with Crippen molar-refractivity contribution in [2.24, 2.45) is 0 Å². The molecule has 5 heteroatoms. The quantitative estimate of drug-likeness (QED) is 0.878. The Labute approximate surface area is 152 Å². The first-order chi connectivity index (χ1) is 10.7. The number of aliphatic hydroxyl groups is 1. The van der Waals surface area contributed by atoms with Crippen molar-refractivity contribution in [1.29, 1.82) is 0 Å². The third kappa shape index (κ3) is 6.60. The van der Waals surface area contributed by atoms with Gasteiger partial charge in [0.05, 0.1) is 12.2 Å². The first-order valence-electron chi connectivity index (χ1n) is 8.53. The topological polar surface area (TPSA) is 41.9 Å². The average Bonchev–Trinajstić information content (AvgIpc) is 2.43. The number of benzene rings is 1. The number of rotatable bonds is 5. The summed E-state index contributed by atoms with van der Waals surface area (Å²) in [4.78, 5) is 2.25. The fraction of sp³-hybridized carbons (Fsp3) is 0.684. The Morgan fingerprint density at radius 1 is 1.17 bits per heavy atom. The van der Waals surface area contributed by atoms with Crippen LogP contribution in [0.1, 0.15) is 40.2 Å². The maximum Gasteiger partial charge on any atom is 0.119 e. The number of hydrogen-bond acceptors (Lipinski definition) is 4. The smallest absolute Gasteiger partial charge is 0.119 e. The Bertz CT molecular complexity index is 476. The molecule has 0 radical (unpaired) electrons. The molecule has 3 unspecified atom stereocenters. The van der Waals surface area contributed by atoms with Gasteiger partial charge in [-0.15, -0.1) is 12.4 Å². The van der Waals surface area contributed by atoms with Gasteiger partial charge in [0.15, 0.2) is 0 Å². The summed E-state index contributed by atoms with van der Waals surface area (Å²) >= 11 is 0. The van der Waals surface area contributed by atoms with Crippen LogP contribution in [0.3, 0.4) is 0 Å². The van der Waals surface area contributed by atoms with E-state index in [1.807, 2.05) is 12.1 Å². The molecule has 0 aromatic heterocycles. The number of aliphatic hydroxyl groups excluding tert-OH is 1. The van der Waals surface area contributed by atoms with Gasteiger partial charge in [0.25, 0.3) is 0 Å². The van der Waals surface area contributed by atoms with E-state index in [0.717, 1.165) is 18.8 Å². The van der Waals surface area contributed by atoms with E-state index in [9.17, 15) is 5.11 Å². The highest BCUT2D eigenvalue weighted by Gasteiger charge is 2.24. The molecular weight excluding hydrogens is 326 g/mol. The van der Waals surface area contributed by atoms with Gasteiger partial charge in [0, 0.05) is 19.6 Å². The molecule has 0 aliphatic carbocycles. The molecule has 2 rings (SSSR count). The van der Waals surface area contributed by atoms with Gasteiger partial charge in [-0.25, -0.2) is 0 Å². The van der Waals surface area contributed by atoms with Crippen molar-refractivity contribution >= 4 is 12.4 Å². The molecule has 1 fully saturated rings. The molecule has 0 saturated carbocycles. The van der Waals surface area contributed by atoms with Gasteiger partial charge < -0.3 is 14.6 Å². The summed E-state index contributed by atoms with van der Waals surface area (Å²) in [6, 6.07) is 8.14. The first-order valence-corrected chi connectivity index (χ1v) is 8.53. The first kappa shape index (κ1) is 21.2. The van der Waals surface area contributed by atoms with Crippen molar-refractivity contribution in [3.8, 4) is 5.75 Å². The van der Waals surface area contributed by atoms with E-state index in [1.165, 1.54) is 5.56 Å². The van der Waals surface area contributed by atoms with Gasteiger partial charge in [0.2, 0.25) is 0 Å². The van der Waals surface area contributed by atoms with Crippen LogP contribution in [0.5, 0.6) is 5.75 Å². The highest BCUT2D eigenvalue weighted by atomic mass is 35.5. The van der Waals surface area contributed by atoms with Crippen LogP contribution < -0.4 is 4.74 Å². The Balaban J connectivity index is 0.00000288. The second-order valence-corrected chi connectivity index (χ2v) is 7.72. The Kier molecular flexibility index (Phi) is 8.00. The van der Waals surface area contributed by atoms with Crippen LogP contribution in [0, 0.1) is 0 Å². The van der Waals surface area contributed by atoms with E-state index in [4.69, 9.17) is 9.47 Å². The second kappa shape index (κ2) is 9.04. The maximum atomic E-state index is 10.2. The molecule has 138 valence electrons. The molecule has 1 heterocycles. The van der Waals surface area contributed by atoms with Crippen LogP contribution in [0.2, 0.25) is 0 Å². The van der Waals surface area contributed by atoms with E-state index < -0.39 is 6.10 Å². The van der Waals surface area contributed by atoms with Crippen LogP contribution in [0.15, 0.2) is 24.3 Å². The van der Waals surface area contributed by atoms with Crippen molar-refractivity contribution < 1.29 is 14.6 Å². The number of hydrogen-bond donors (Lipinski definition) is 1. The second-order valence-electron chi connectivity index (χ2n) is 7.72. The normalized spacial score (nSPS) is 23.4. The van der Waals surface area contributed by atoms with Crippen molar-refractivity contribution in [2.45, 2.75) is 58.3 Å². The third-order valence-electron chi connectivity index (χ3n) is 4.13. The molecule has 24 heavy (non-hydrogen) atoms. The lowest BCUT2D eigenvalue weighted by Crippen LogP contribution is -2.48. The molecule has 1 aromatic carbocycles. The average molecular weight is 358 g/mol. The Morgan fingerprint density at radius 2 is 1.71 bits per heavy atom. The van der Waals surface area contributed by atoms with Crippen molar-refractivity contribution in [1.82, 2.24) is 4.90 Å². The minimum absolute atomic E-state index is 0. The SMILES string of the molecule is CC1CN(CC(O)COc2ccc(C(C)(C)C)cc2)CC(C)O1.Cl. The predicted molar refractivity (Wildman–Crippen MR) is 100 cm³/mol. The Morgan fingerprint density at radius 3 is 2.21 bits per heavy atom. The zero-order valence-corrected chi connectivity index (χ0v) is 16.3. The summed E-state index contributed by atoms with van der Waals surface area (Å²) < 4.78 is 11.4. The maximum absolute atomic E-state index is 10.2. The van der Waals surface area contributed by atoms with Crippen LogP contribution in [-0.2, 0) is 10.2 Å². The van der Waals surface area contributed by atoms with Gasteiger partial charge >= 0.3 is 0 Å². The molecule has 1 aliphatic rings. The van der Waals surface area contributed by atoms with Gasteiger partial charge in [-0.05, 0) is 37.0 Å². The lowest BCUT2D eigenvalue weighted by atomic mass is 9.87. The van der Waals surface area contributed by atoms with Gasteiger partial charge in [-0.2, -0.15) is 0 Å². The van der Waals surface area contributed by atoms with Crippen LogP contribution in [0.25, 0.3) is 0 Å². The highest BCUT2D eigenvalue weighted by Crippen LogP contribution is 2.24. The van der Waals surface area contributed by atoms with Crippen molar-refractivity contribution in [3.05, 3.63) is 29.8 Å². The minimum atomic E-state index is -0.491. The van der Waals surface area contributed by atoms with Crippen molar-refractivity contribution in [2.75, 3.05) is 26.2 Å². The van der Waals surface area contributed by atoms with Crippen molar-refractivity contribution in [3.63, 3.8) is 0 Å². The molecule has 1 saturated heterocycles. The zero-order chi connectivity index (χ0) is 17.0. The number of nitrogens with zero attached hydrogens (tertiary/aromatic N) is 1. The lowest BCUT2D eigenvalue weighted by molar-refractivity contribution is -0.0786. The summed E-state index contributed by atoms with van der Waals surface area (Å²) in [5.74, 6) is 0.806. The highest BCUT2D eigenvalue weighted by molar-refractivity contribution is 5.85. The van der Waals surface area contributed by atoms with E-state index in [1.54, 1.807) is 0 Å². The van der Waals surface area contributed by atoms with Gasteiger partial charge in [-0.3, -0.25) is 4.90 Å². The number of β-amino-alcohol motifs (C(OH)–C–C–N with tert-alkyl or cyclic N) is 1. The number of ether oxygens (including phenoxy) is 2. The molecule has 3 atom stereocenters. The largest absolute Gasteiger partial charge is 0.491 e. The fourth-order valence-corrected chi connectivity index (χ4v) is 3.03. The van der Waals surface area contributed by atoms with Crippen LogP contribution in [0.4, 0.5) is 0 Å². The van der Waals surface area contributed by atoms with E-state index in [-0.39, 0.29) is 30.0 Å². The molecule has 0 spiro atoms. The minimum Gasteiger partial charge on any atom is -0.491 e. The predicted octanol–water partition coefficient (Wildman–Crippen LogP) is 3.25. The zero-order valence-electron chi connectivity index (χ0n) is 15.5. The molecule has 4 nitrogen and oxygen atoms in total. The summed E-state index contributed by atoms with van der Waals surface area (Å²) in [6.45, 7) is 13.4. The standard InChI is InChI=1S/C19H31NO3.ClH/c1-14-10-20(11-15(2)23-14)12-17(21)13-22-18-8-6-16(7-9-18)19(3,4)5;/h6-9,14-15,17,21H,10-13H2,1-5H3;1H. The third-order valence-corrected chi connectivity index (χ3v) is 4.13. The Hall–Kier alpha value is -0.810. The van der Waals surface area contributed by atoms with Gasteiger partial charge in [-0.1, -0.05) is 32.9 Å². The molecule has 1 aliphatic heterocycles. The van der Waals surface area contributed by atoms with Crippen LogP contribution >= 0.6 is 12.4 Å². The van der Waals surface area contributed by atoms with Crippen LogP contribution in [-0.4, -0.2) is 54.6 Å². The molecule has 0 amide bonds. The fourth-order valence-electron chi connectivity index (χ4n) is 3.03. The van der Waals surface area contributed by atoms with E-state index >= 15 is 0 Å². The lowest BCUT2D eigenvalue weighted by Gasteiger charge is -2.36. The molecule has 1 N–H and O–H groups in total. The van der Waals surface area contributed by atoms with E-state index in [2.05, 4.69) is 51.7 Å². The summed E-state index contributed by atoms with van der Waals surface area (Å²) in [5.41, 5.74) is 1.42. The van der Waals surface area contributed by atoms with E-state index in [0.29, 0.717) is 13.2 Å². The molecule has 0 bridgehead atoms. The molecular formula is C19H32ClNO3. The molecule has 1 aromatic rings. The van der Waals surface area contributed by atoms with Gasteiger partial charge in [0.1, 0.15) is 18.5 Å². The summed E-state index contributed by atoms with van der Waals surface area (Å²) in [6.07, 6.45) is -0.0524. The number of morpholine rings is 1. The summed E-state index contributed by atoms with van der Waals surface area (Å²) in [7, 11) is 0.